The SMILES string of the molecule is CCCCCCCCCCC/C(C)=C\C1CCCCN1. The first-order chi connectivity index (χ1) is 9.83. The van der Waals surface area contributed by atoms with Crippen LogP contribution in [0.5, 0.6) is 0 Å². The molecule has 0 aromatic rings. The molecule has 1 unspecified atom stereocenters. The Morgan fingerprint density at radius 2 is 1.60 bits per heavy atom. The molecule has 1 atom stereocenters. The molecule has 1 saturated heterocycles. The predicted octanol–water partition coefficient (Wildman–Crippen LogP) is 6.00. The maximum Gasteiger partial charge on any atom is 0.0252 e. The van der Waals surface area contributed by atoms with E-state index in [2.05, 4.69) is 25.2 Å². The van der Waals surface area contributed by atoms with Gasteiger partial charge in [-0.1, -0.05) is 76.4 Å². The zero-order valence-corrected chi connectivity index (χ0v) is 14.1. The third kappa shape index (κ3) is 9.58. The molecule has 1 fully saturated rings. The molecule has 1 heteroatoms. The lowest BCUT2D eigenvalue weighted by Crippen LogP contribution is -2.32. The highest BCUT2D eigenvalue weighted by atomic mass is 14.9. The van der Waals surface area contributed by atoms with Gasteiger partial charge in [0.1, 0.15) is 0 Å². The number of unbranched alkanes of at least 4 members (excludes halogenated alkanes) is 8. The molecule has 1 heterocycles. The van der Waals surface area contributed by atoms with E-state index < -0.39 is 0 Å². The standard InChI is InChI=1S/C19H37N/c1-3-4-5-6-7-8-9-10-11-14-18(2)17-19-15-12-13-16-20-19/h17,19-20H,3-16H2,1-2H3/b18-17-. The third-order valence-electron chi connectivity index (χ3n) is 4.51. The van der Waals surface area contributed by atoms with Crippen LogP contribution in [0.25, 0.3) is 0 Å². The van der Waals surface area contributed by atoms with Gasteiger partial charge in [0, 0.05) is 6.04 Å². The van der Waals surface area contributed by atoms with Gasteiger partial charge in [0.2, 0.25) is 0 Å². The van der Waals surface area contributed by atoms with Crippen molar-refractivity contribution in [2.75, 3.05) is 6.54 Å². The van der Waals surface area contributed by atoms with E-state index in [1.807, 2.05) is 0 Å². The Morgan fingerprint density at radius 3 is 2.20 bits per heavy atom. The van der Waals surface area contributed by atoms with Crippen molar-refractivity contribution >= 4 is 0 Å². The van der Waals surface area contributed by atoms with Crippen LogP contribution in [-0.2, 0) is 0 Å². The molecule has 1 aliphatic heterocycles. The quantitative estimate of drug-likeness (QED) is 0.361. The van der Waals surface area contributed by atoms with E-state index in [0.717, 1.165) is 0 Å². The molecule has 0 aromatic heterocycles. The summed E-state index contributed by atoms with van der Waals surface area (Å²) in [6, 6.07) is 0.669. The zero-order valence-electron chi connectivity index (χ0n) is 14.1. The van der Waals surface area contributed by atoms with Crippen LogP contribution in [-0.4, -0.2) is 12.6 Å². The summed E-state index contributed by atoms with van der Waals surface area (Å²) in [5, 5.41) is 3.61. The van der Waals surface area contributed by atoms with Gasteiger partial charge in [0.25, 0.3) is 0 Å². The number of piperidine rings is 1. The van der Waals surface area contributed by atoms with Crippen molar-refractivity contribution in [3.8, 4) is 0 Å². The van der Waals surface area contributed by atoms with Gasteiger partial charge in [0.05, 0.1) is 0 Å². The Kier molecular flexibility index (Phi) is 11.0. The normalized spacial score (nSPS) is 20.3. The first kappa shape index (κ1) is 17.8. The van der Waals surface area contributed by atoms with Crippen molar-refractivity contribution < 1.29 is 0 Å². The molecule has 0 radical (unpaired) electrons. The highest BCUT2D eigenvalue weighted by Gasteiger charge is 2.09. The van der Waals surface area contributed by atoms with E-state index in [1.165, 1.54) is 90.0 Å². The zero-order chi connectivity index (χ0) is 14.5. The Hall–Kier alpha value is -0.300. The van der Waals surface area contributed by atoms with Gasteiger partial charge in [0.15, 0.2) is 0 Å². The number of hydrogen-bond acceptors (Lipinski definition) is 1. The molecule has 0 bridgehead atoms. The first-order valence-electron chi connectivity index (χ1n) is 9.23. The van der Waals surface area contributed by atoms with Crippen LogP contribution in [0, 0.1) is 0 Å². The summed E-state index contributed by atoms with van der Waals surface area (Å²) < 4.78 is 0. The van der Waals surface area contributed by atoms with Gasteiger partial charge < -0.3 is 5.32 Å². The molecule has 1 nitrogen and oxygen atoms in total. The van der Waals surface area contributed by atoms with Crippen molar-refractivity contribution in [1.29, 1.82) is 0 Å². The first-order valence-corrected chi connectivity index (χ1v) is 9.23. The molecule has 0 aliphatic carbocycles. The van der Waals surface area contributed by atoms with Crippen LogP contribution in [0.1, 0.15) is 97.3 Å². The molecule has 1 N–H and O–H groups in total. The Labute approximate surface area is 127 Å². The van der Waals surface area contributed by atoms with Crippen LogP contribution in [0.15, 0.2) is 11.6 Å². The highest BCUT2D eigenvalue weighted by molar-refractivity contribution is 5.04. The van der Waals surface area contributed by atoms with E-state index in [9.17, 15) is 0 Å². The van der Waals surface area contributed by atoms with Gasteiger partial charge in [-0.15, -0.1) is 0 Å². The third-order valence-corrected chi connectivity index (χ3v) is 4.51. The molecule has 118 valence electrons. The van der Waals surface area contributed by atoms with Gasteiger partial charge >= 0.3 is 0 Å². The lowest BCUT2D eigenvalue weighted by molar-refractivity contribution is 0.452. The summed E-state index contributed by atoms with van der Waals surface area (Å²) in [4.78, 5) is 0. The van der Waals surface area contributed by atoms with E-state index >= 15 is 0 Å². The molecule has 1 rings (SSSR count). The fraction of sp³-hybridized carbons (Fsp3) is 0.895. The fourth-order valence-corrected chi connectivity index (χ4v) is 3.16. The molecular formula is C19H37N. The molecule has 0 aromatic carbocycles. The minimum absolute atomic E-state index is 0.669. The minimum atomic E-state index is 0.669. The summed E-state index contributed by atoms with van der Waals surface area (Å²) in [6.07, 6.45) is 20.8. The van der Waals surface area contributed by atoms with Gasteiger partial charge in [-0.3, -0.25) is 0 Å². The van der Waals surface area contributed by atoms with E-state index in [-0.39, 0.29) is 0 Å². The second-order valence-corrected chi connectivity index (χ2v) is 6.65. The number of rotatable bonds is 11. The van der Waals surface area contributed by atoms with Crippen molar-refractivity contribution in [2.24, 2.45) is 0 Å². The van der Waals surface area contributed by atoms with Crippen LogP contribution >= 0.6 is 0 Å². The van der Waals surface area contributed by atoms with E-state index in [0.29, 0.717) is 6.04 Å². The summed E-state index contributed by atoms with van der Waals surface area (Å²) in [5.41, 5.74) is 1.60. The number of allylic oxidation sites excluding steroid dienone is 1. The summed E-state index contributed by atoms with van der Waals surface area (Å²) in [7, 11) is 0. The van der Waals surface area contributed by atoms with Crippen LogP contribution in [0.4, 0.5) is 0 Å². The smallest absolute Gasteiger partial charge is 0.0252 e. The van der Waals surface area contributed by atoms with Crippen molar-refractivity contribution in [3.63, 3.8) is 0 Å². The molecular weight excluding hydrogens is 242 g/mol. The average molecular weight is 280 g/mol. The molecule has 0 amide bonds. The van der Waals surface area contributed by atoms with Gasteiger partial charge in [-0.25, -0.2) is 0 Å². The fourth-order valence-electron chi connectivity index (χ4n) is 3.16. The van der Waals surface area contributed by atoms with Crippen LogP contribution < -0.4 is 5.32 Å². The average Bonchev–Trinajstić information content (AvgIpc) is 2.46. The highest BCUT2D eigenvalue weighted by Crippen LogP contribution is 2.15. The topological polar surface area (TPSA) is 12.0 Å². The van der Waals surface area contributed by atoms with Gasteiger partial charge in [-0.05, 0) is 39.2 Å². The molecule has 0 saturated carbocycles. The molecule has 20 heavy (non-hydrogen) atoms. The Balaban J connectivity index is 1.91. The predicted molar refractivity (Wildman–Crippen MR) is 91.2 cm³/mol. The Morgan fingerprint density at radius 1 is 0.950 bits per heavy atom. The maximum absolute atomic E-state index is 3.61. The van der Waals surface area contributed by atoms with Crippen LogP contribution in [0.2, 0.25) is 0 Å². The lowest BCUT2D eigenvalue weighted by Gasteiger charge is -2.21. The minimum Gasteiger partial charge on any atom is -0.311 e. The second-order valence-electron chi connectivity index (χ2n) is 6.65. The Bertz CT molecular complexity index is 238. The van der Waals surface area contributed by atoms with E-state index in [4.69, 9.17) is 0 Å². The largest absolute Gasteiger partial charge is 0.311 e. The van der Waals surface area contributed by atoms with E-state index in [1.54, 1.807) is 5.57 Å². The van der Waals surface area contributed by atoms with Crippen LogP contribution in [0.3, 0.4) is 0 Å². The van der Waals surface area contributed by atoms with Gasteiger partial charge in [-0.2, -0.15) is 0 Å². The lowest BCUT2D eigenvalue weighted by atomic mass is 10.00. The molecule has 0 spiro atoms. The molecule has 1 aliphatic rings. The number of nitrogens with one attached hydrogen (secondary N) is 1. The van der Waals surface area contributed by atoms with Crippen molar-refractivity contribution in [3.05, 3.63) is 11.6 Å². The van der Waals surface area contributed by atoms with Crippen molar-refractivity contribution in [2.45, 2.75) is 103 Å². The van der Waals surface area contributed by atoms with Crippen molar-refractivity contribution in [1.82, 2.24) is 5.32 Å². The monoisotopic (exact) mass is 279 g/mol. The maximum atomic E-state index is 3.61. The number of hydrogen-bond donors (Lipinski definition) is 1. The summed E-state index contributed by atoms with van der Waals surface area (Å²) in [6.45, 7) is 5.83. The summed E-state index contributed by atoms with van der Waals surface area (Å²) in [5.74, 6) is 0. The summed E-state index contributed by atoms with van der Waals surface area (Å²) >= 11 is 0. The second kappa shape index (κ2) is 12.4.